The summed E-state index contributed by atoms with van der Waals surface area (Å²) in [5.74, 6) is -1.93. The summed E-state index contributed by atoms with van der Waals surface area (Å²) in [5, 5.41) is 0.455. The quantitative estimate of drug-likeness (QED) is 0.462. The smallest absolute Gasteiger partial charge is 0.265 e. The zero-order valence-electron chi connectivity index (χ0n) is 16.4. The first kappa shape index (κ1) is 22.7. The van der Waals surface area contributed by atoms with E-state index in [-0.39, 0.29) is 23.0 Å². The third-order valence-corrected chi connectivity index (χ3v) is 8.62. The van der Waals surface area contributed by atoms with Gasteiger partial charge in [-0.25, -0.2) is 13.3 Å². The van der Waals surface area contributed by atoms with Gasteiger partial charge < -0.3 is 0 Å². The van der Waals surface area contributed by atoms with Crippen LogP contribution in [0.2, 0.25) is 9.36 Å². The molecular weight excluding hydrogens is 493 g/mol. The van der Waals surface area contributed by atoms with E-state index in [0.29, 0.717) is 31.7 Å². The van der Waals surface area contributed by atoms with Crippen molar-refractivity contribution in [2.75, 3.05) is 10.7 Å². The zero-order chi connectivity index (χ0) is 23.0. The Morgan fingerprint density at radius 3 is 2.38 bits per heavy atom. The SMILES string of the molecule is O=C(Cc1ccc(N2C(=O)Cc3cc(Cl)ccc3C2=O)cc1)CS(=O)(=O)c1ccc(Cl)s1. The van der Waals surface area contributed by atoms with Crippen molar-refractivity contribution in [3.63, 3.8) is 0 Å². The Balaban J connectivity index is 1.47. The number of benzene rings is 2. The number of carbonyl (C=O) groups excluding carboxylic acids is 3. The Hall–Kier alpha value is -2.52. The normalized spacial score (nSPS) is 13.9. The minimum absolute atomic E-state index is 0.0481. The van der Waals surface area contributed by atoms with E-state index in [1.165, 1.54) is 12.1 Å². The lowest BCUT2D eigenvalue weighted by atomic mass is 9.97. The molecule has 32 heavy (non-hydrogen) atoms. The predicted molar refractivity (Wildman–Crippen MR) is 124 cm³/mol. The van der Waals surface area contributed by atoms with Gasteiger partial charge in [0.25, 0.3) is 5.91 Å². The molecule has 0 bridgehead atoms. The van der Waals surface area contributed by atoms with Gasteiger partial charge in [0.2, 0.25) is 5.91 Å². The molecule has 6 nitrogen and oxygen atoms in total. The van der Waals surface area contributed by atoms with Crippen molar-refractivity contribution in [1.82, 2.24) is 0 Å². The highest BCUT2D eigenvalue weighted by atomic mass is 35.5. The number of anilines is 1. The molecule has 0 N–H and O–H groups in total. The summed E-state index contributed by atoms with van der Waals surface area (Å²) in [5.41, 5.74) is 1.94. The number of carbonyl (C=O) groups is 3. The summed E-state index contributed by atoms with van der Waals surface area (Å²) in [6.07, 6.45) is -0.0473. The molecule has 4 rings (SSSR count). The molecule has 1 aliphatic rings. The predicted octanol–water partition coefficient (Wildman–Crippen LogP) is 4.37. The molecule has 2 heterocycles. The molecule has 164 valence electrons. The Morgan fingerprint density at radius 1 is 1.00 bits per heavy atom. The molecule has 0 aliphatic carbocycles. The first-order chi connectivity index (χ1) is 15.1. The fourth-order valence-electron chi connectivity index (χ4n) is 3.44. The topological polar surface area (TPSA) is 88.6 Å². The Bertz CT molecular complexity index is 1350. The Kier molecular flexibility index (Phi) is 6.22. The second-order valence-electron chi connectivity index (χ2n) is 7.21. The molecule has 0 atom stereocenters. The number of amides is 2. The molecule has 0 radical (unpaired) electrons. The van der Waals surface area contributed by atoms with E-state index in [4.69, 9.17) is 23.2 Å². The highest BCUT2D eigenvalue weighted by Crippen LogP contribution is 2.28. The lowest BCUT2D eigenvalue weighted by molar-refractivity contribution is -0.118. The van der Waals surface area contributed by atoms with Crippen molar-refractivity contribution in [1.29, 1.82) is 0 Å². The number of hydrogen-bond donors (Lipinski definition) is 0. The minimum atomic E-state index is -3.75. The van der Waals surface area contributed by atoms with Gasteiger partial charge in [0.1, 0.15) is 9.96 Å². The van der Waals surface area contributed by atoms with E-state index in [2.05, 4.69) is 0 Å². The maximum absolute atomic E-state index is 12.8. The molecule has 0 fully saturated rings. The molecule has 2 aromatic carbocycles. The maximum Gasteiger partial charge on any atom is 0.265 e. The molecule has 0 spiro atoms. The molecule has 0 saturated carbocycles. The van der Waals surface area contributed by atoms with E-state index >= 15 is 0 Å². The molecule has 1 aliphatic heterocycles. The number of fused-ring (bicyclic) bond motifs is 1. The Labute approximate surface area is 198 Å². The van der Waals surface area contributed by atoms with Crippen LogP contribution in [0.4, 0.5) is 5.69 Å². The van der Waals surface area contributed by atoms with Crippen molar-refractivity contribution in [3.8, 4) is 0 Å². The van der Waals surface area contributed by atoms with Crippen LogP contribution in [0.5, 0.6) is 0 Å². The molecule has 2 amide bonds. The van der Waals surface area contributed by atoms with Gasteiger partial charge in [0.15, 0.2) is 15.6 Å². The van der Waals surface area contributed by atoms with Gasteiger partial charge in [-0.15, -0.1) is 11.3 Å². The number of thiophene rings is 1. The number of Topliss-reactive ketones (excluding diaryl/α,β-unsaturated/α-hetero) is 1. The number of nitrogens with zero attached hydrogens (tertiary/aromatic N) is 1. The van der Waals surface area contributed by atoms with Crippen molar-refractivity contribution in [2.45, 2.75) is 17.1 Å². The van der Waals surface area contributed by atoms with Gasteiger partial charge in [-0.05, 0) is 53.6 Å². The Morgan fingerprint density at radius 2 is 1.72 bits per heavy atom. The lowest BCUT2D eigenvalue weighted by Crippen LogP contribution is -2.42. The lowest BCUT2D eigenvalue weighted by Gasteiger charge is -2.27. The fraction of sp³-hybridized carbons (Fsp3) is 0.136. The molecule has 1 aromatic heterocycles. The van der Waals surface area contributed by atoms with Crippen molar-refractivity contribution in [2.24, 2.45) is 0 Å². The number of sulfone groups is 1. The van der Waals surface area contributed by atoms with Crippen molar-refractivity contribution in [3.05, 3.63) is 80.6 Å². The number of imide groups is 1. The summed E-state index contributed by atoms with van der Waals surface area (Å²) < 4.78 is 25.1. The average Bonchev–Trinajstić information content (AvgIpc) is 3.16. The van der Waals surface area contributed by atoms with Gasteiger partial charge >= 0.3 is 0 Å². The van der Waals surface area contributed by atoms with Crippen LogP contribution in [-0.2, 0) is 32.3 Å². The van der Waals surface area contributed by atoms with Crippen molar-refractivity contribution >= 4 is 67.7 Å². The standard InChI is InChI=1S/C22H15Cl2NO5S2/c23-15-3-6-18-14(10-15)11-20(27)25(22(18)28)16-4-1-13(2-5-16)9-17(26)12-32(29,30)21-8-7-19(24)31-21/h1-8,10H,9,11-12H2. The molecule has 3 aromatic rings. The van der Waals surface area contributed by atoms with Crippen LogP contribution in [-0.4, -0.2) is 31.8 Å². The van der Waals surface area contributed by atoms with Crippen LogP contribution in [0, 0.1) is 0 Å². The summed E-state index contributed by atoms with van der Waals surface area (Å²) in [6.45, 7) is 0. The molecule has 10 heteroatoms. The van der Waals surface area contributed by atoms with Gasteiger partial charge in [-0.3, -0.25) is 14.4 Å². The summed E-state index contributed by atoms with van der Waals surface area (Å²) in [4.78, 5) is 38.8. The van der Waals surface area contributed by atoms with Gasteiger partial charge in [-0.1, -0.05) is 35.3 Å². The maximum atomic E-state index is 12.8. The highest BCUT2D eigenvalue weighted by molar-refractivity contribution is 7.94. The minimum Gasteiger partial charge on any atom is -0.298 e. The first-order valence-electron chi connectivity index (χ1n) is 9.38. The first-order valence-corrected chi connectivity index (χ1v) is 12.6. The number of halogens is 2. The van der Waals surface area contributed by atoms with Crippen molar-refractivity contribution < 1.29 is 22.8 Å². The number of ketones is 1. The van der Waals surface area contributed by atoms with E-state index in [9.17, 15) is 22.8 Å². The fourth-order valence-corrected chi connectivity index (χ4v) is 6.45. The second kappa shape index (κ2) is 8.78. The van der Waals surface area contributed by atoms with Crippen LogP contribution < -0.4 is 4.90 Å². The zero-order valence-corrected chi connectivity index (χ0v) is 19.5. The van der Waals surface area contributed by atoms with Crippen LogP contribution in [0.15, 0.2) is 58.8 Å². The van der Waals surface area contributed by atoms with Crippen LogP contribution in [0.3, 0.4) is 0 Å². The summed E-state index contributed by atoms with van der Waals surface area (Å²) in [7, 11) is -3.75. The van der Waals surface area contributed by atoms with E-state index in [1.807, 2.05) is 0 Å². The third-order valence-electron chi connectivity index (χ3n) is 4.89. The van der Waals surface area contributed by atoms with Crippen LogP contribution in [0.1, 0.15) is 21.5 Å². The largest absolute Gasteiger partial charge is 0.298 e. The molecular formula is C22H15Cl2NO5S2. The van der Waals surface area contributed by atoms with Crippen LogP contribution in [0.25, 0.3) is 0 Å². The van der Waals surface area contributed by atoms with Gasteiger partial charge in [0.05, 0.1) is 16.4 Å². The molecule has 0 unspecified atom stereocenters. The second-order valence-corrected chi connectivity index (χ2v) is 11.6. The van der Waals surface area contributed by atoms with E-state index < -0.39 is 27.3 Å². The average molecular weight is 508 g/mol. The van der Waals surface area contributed by atoms with Crippen LogP contribution >= 0.6 is 34.5 Å². The van der Waals surface area contributed by atoms with Gasteiger partial charge in [0, 0.05) is 17.0 Å². The highest BCUT2D eigenvalue weighted by Gasteiger charge is 2.32. The number of rotatable bonds is 6. The summed E-state index contributed by atoms with van der Waals surface area (Å²) in [6, 6.07) is 14.0. The molecule has 0 saturated heterocycles. The van der Waals surface area contributed by atoms with E-state index in [1.54, 1.807) is 42.5 Å². The number of hydrogen-bond acceptors (Lipinski definition) is 6. The van der Waals surface area contributed by atoms with Gasteiger partial charge in [-0.2, -0.15) is 0 Å². The third kappa shape index (κ3) is 4.63. The summed E-state index contributed by atoms with van der Waals surface area (Å²) >= 11 is 12.6. The van der Waals surface area contributed by atoms with E-state index in [0.717, 1.165) is 16.2 Å². The monoisotopic (exact) mass is 507 g/mol.